The van der Waals surface area contributed by atoms with Gasteiger partial charge in [0.2, 0.25) is 0 Å². The lowest BCUT2D eigenvalue weighted by molar-refractivity contribution is 0.642. The molecule has 3 rings (SSSR count). The average Bonchev–Trinajstić information content (AvgIpc) is 2.95. The second-order valence-corrected chi connectivity index (χ2v) is 3.98. The molecule has 16 heavy (non-hydrogen) atoms. The van der Waals surface area contributed by atoms with Gasteiger partial charge in [0.05, 0.1) is 11.7 Å². The number of nitrogens with one attached hydrogen (secondary N) is 2. The summed E-state index contributed by atoms with van der Waals surface area (Å²) in [5.74, 6) is 0.492. The van der Waals surface area contributed by atoms with Crippen molar-refractivity contribution in [3.05, 3.63) is 60.1 Å². The van der Waals surface area contributed by atoms with Gasteiger partial charge in [0.1, 0.15) is 0 Å². The van der Waals surface area contributed by atoms with Crippen molar-refractivity contribution in [2.24, 2.45) is 5.92 Å². The van der Waals surface area contributed by atoms with Crippen LogP contribution >= 0.6 is 0 Å². The average molecular weight is 211 g/mol. The molecule has 0 saturated carbocycles. The molecule has 0 saturated heterocycles. The van der Waals surface area contributed by atoms with Crippen molar-refractivity contribution in [3.63, 3.8) is 0 Å². The highest BCUT2D eigenvalue weighted by Crippen LogP contribution is 2.23. The first-order valence-electron chi connectivity index (χ1n) is 5.43. The van der Waals surface area contributed by atoms with Gasteiger partial charge in [0.15, 0.2) is 0 Å². The number of fused-ring (bicyclic) bond motifs is 1. The van der Waals surface area contributed by atoms with Gasteiger partial charge in [-0.1, -0.05) is 30.4 Å². The zero-order valence-corrected chi connectivity index (χ0v) is 8.80. The summed E-state index contributed by atoms with van der Waals surface area (Å²) in [5.41, 5.74) is 2.18. The standard InChI is InChI=1S/C13H13N3/c1-2-4-13-10(3-1)9-12(15-13)6-5-11-7-8-14-16-11/h1-10,13,15H,(H,14,16)/b6-5+. The van der Waals surface area contributed by atoms with Crippen LogP contribution in [-0.2, 0) is 0 Å². The molecular formula is C13H13N3. The Bertz CT molecular complexity index is 477. The van der Waals surface area contributed by atoms with Gasteiger partial charge >= 0.3 is 0 Å². The lowest BCUT2D eigenvalue weighted by Crippen LogP contribution is -2.25. The quantitative estimate of drug-likeness (QED) is 0.785. The van der Waals surface area contributed by atoms with E-state index in [1.54, 1.807) is 6.20 Å². The Morgan fingerprint density at radius 3 is 2.94 bits per heavy atom. The van der Waals surface area contributed by atoms with Crippen molar-refractivity contribution in [1.82, 2.24) is 15.5 Å². The van der Waals surface area contributed by atoms with Crippen molar-refractivity contribution in [3.8, 4) is 0 Å². The number of H-pyrrole nitrogens is 1. The molecule has 0 amide bonds. The van der Waals surface area contributed by atoms with E-state index < -0.39 is 0 Å². The van der Waals surface area contributed by atoms with Crippen LogP contribution in [0.5, 0.6) is 0 Å². The molecule has 2 N–H and O–H groups in total. The third-order valence-corrected chi connectivity index (χ3v) is 2.85. The first-order valence-corrected chi connectivity index (χ1v) is 5.43. The van der Waals surface area contributed by atoms with Gasteiger partial charge in [-0.05, 0) is 18.2 Å². The highest BCUT2D eigenvalue weighted by Gasteiger charge is 2.22. The minimum Gasteiger partial charge on any atom is -0.378 e. The van der Waals surface area contributed by atoms with Crippen LogP contribution < -0.4 is 5.32 Å². The summed E-state index contributed by atoms with van der Waals surface area (Å²) in [6.45, 7) is 0. The first kappa shape index (κ1) is 9.21. The minimum absolute atomic E-state index is 0.423. The molecule has 0 spiro atoms. The summed E-state index contributed by atoms with van der Waals surface area (Å²) < 4.78 is 0. The van der Waals surface area contributed by atoms with Crippen molar-refractivity contribution < 1.29 is 0 Å². The van der Waals surface area contributed by atoms with Gasteiger partial charge in [-0.15, -0.1) is 0 Å². The van der Waals surface area contributed by atoms with Crippen LogP contribution in [0.4, 0.5) is 0 Å². The van der Waals surface area contributed by atoms with Crippen molar-refractivity contribution in [1.29, 1.82) is 0 Å². The summed E-state index contributed by atoms with van der Waals surface area (Å²) in [7, 11) is 0. The maximum atomic E-state index is 3.90. The summed E-state index contributed by atoms with van der Waals surface area (Å²) in [5, 5.41) is 10.3. The van der Waals surface area contributed by atoms with Crippen LogP contribution in [0.2, 0.25) is 0 Å². The SMILES string of the molecule is C1=CC2C=C(/C=C/c3ccn[nH]3)NC2C=C1. The van der Waals surface area contributed by atoms with Crippen LogP contribution in [0.1, 0.15) is 5.69 Å². The van der Waals surface area contributed by atoms with Gasteiger partial charge in [-0.25, -0.2) is 0 Å². The van der Waals surface area contributed by atoms with Gasteiger partial charge in [0, 0.05) is 17.8 Å². The van der Waals surface area contributed by atoms with E-state index in [2.05, 4.69) is 52.0 Å². The molecule has 1 aromatic heterocycles. The molecule has 80 valence electrons. The van der Waals surface area contributed by atoms with Crippen molar-refractivity contribution >= 4 is 6.08 Å². The maximum Gasteiger partial charge on any atom is 0.0578 e. The normalized spacial score (nSPS) is 26.9. The van der Waals surface area contributed by atoms with Crippen LogP contribution in [0.25, 0.3) is 6.08 Å². The van der Waals surface area contributed by atoms with E-state index in [0.717, 1.165) is 5.69 Å². The minimum atomic E-state index is 0.423. The molecule has 2 unspecified atom stereocenters. The Hall–Kier alpha value is -2.03. The largest absolute Gasteiger partial charge is 0.378 e. The van der Waals surface area contributed by atoms with Crippen LogP contribution in [-0.4, -0.2) is 16.2 Å². The molecule has 3 heteroatoms. The second-order valence-electron chi connectivity index (χ2n) is 3.98. The highest BCUT2D eigenvalue weighted by atomic mass is 15.1. The zero-order chi connectivity index (χ0) is 10.8. The predicted molar refractivity (Wildman–Crippen MR) is 64.4 cm³/mol. The van der Waals surface area contributed by atoms with E-state index in [-0.39, 0.29) is 0 Å². The number of aromatic amines is 1. The molecule has 0 aromatic carbocycles. The van der Waals surface area contributed by atoms with Gasteiger partial charge in [-0.3, -0.25) is 5.10 Å². The molecule has 2 atom stereocenters. The molecule has 1 aliphatic carbocycles. The third kappa shape index (κ3) is 1.72. The van der Waals surface area contributed by atoms with Gasteiger partial charge < -0.3 is 5.32 Å². The molecule has 3 nitrogen and oxygen atoms in total. The zero-order valence-electron chi connectivity index (χ0n) is 8.80. The molecule has 2 aliphatic rings. The van der Waals surface area contributed by atoms with Gasteiger partial charge in [-0.2, -0.15) is 5.10 Å². The Morgan fingerprint density at radius 1 is 1.19 bits per heavy atom. The topological polar surface area (TPSA) is 40.7 Å². The molecule has 0 radical (unpaired) electrons. The highest BCUT2D eigenvalue weighted by molar-refractivity contribution is 5.49. The lowest BCUT2D eigenvalue weighted by atomic mass is 9.98. The number of hydrogen-bond acceptors (Lipinski definition) is 2. The van der Waals surface area contributed by atoms with E-state index in [4.69, 9.17) is 0 Å². The second kappa shape index (κ2) is 3.85. The number of nitrogens with zero attached hydrogens (tertiary/aromatic N) is 1. The van der Waals surface area contributed by atoms with E-state index in [0.29, 0.717) is 12.0 Å². The molecular weight excluding hydrogens is 198 g/mol. The fourth-order valence-corrected chi connectivity index (χ4v) is 2.02. The third-order valence-electron chi connectivity index (χ3n) is 2.85. The summed E-state index contributed by atoms with van der Waals surface area (Å²) >= 11 is 0. The van der Waals surface area contributed by atoms with Gasteiger partial charge in [0.25, 0.3) is 0 Å². The first-order chi connectivity index (χ1) is 7.92. The maximum absolute atomic E-state index is 3.90. The smallest absolute Gasteiger partial charge is 0.0578 e. The number of allylic oxidation sites excluding steroid dienone is 3. The van der Waals surface area contributed by atoms with Crippen molar-refractivity contribution in [2.45, 2.75) is 6.04 Å². The fourth-order valence-electron chi connectivity index (χ4n) is 2.02. The molecule has 1 aromatic rings. The molecule has 0 fully saturated rings. The molecule has 0 bridgehead atoms. The Morgan fingerprint density at radius 2 is 2.12 bits per heavy atom. The lowest BCUT2D eigenvalue weighted by Gasteiger charge is -2.15. The molecule has 2 heterocycles. The Labute approximate surface area is 94.3 Å². The van der Waals surface area contributed by atoms with E-state index in [1.807, 2.05) is 12.1 Å². The van der Waals surface area contributed by atoms with Crippen molar-refractivity contribution in [2.75, 3.05) is 0 Å². The summed E-state index contributed by atoms with van der Waals surface area (Å²) in [6, 6.07) is 2.37. The molecule has 1 aliphatic heterocycles. The Balaban J connectivity index is 1.73. The van der Waals surface area contributed by atoms with E-state index in [1.165, 1.54) is 5.70 Å². The van der Waals surface area contributed by atoms with Crippen LogP contribution in [0.15, 0.2) is 54.4 Å². The van der Waals surface area contributed by atoms with E-state index in [9.17, 15) is 0 Å². The van der Waals surface area contributed by atoms with Crippen LogP contribution in [0.3, 0.4) is 0 Å². The summed E-state index contributed by atoms with van der Waals surface area (Å²) in [6.07, 6.45) is 16.7. The fraction of sp³-hybridized carbons (Fsp3) is 0.154. The number of hydrogen-bond donors (Lipinski definition) is 2. The number of rotatable bonds is 2. The number of aromatic nitrogens is 2. The summed E-state index contributed by atoms with van der Waals surface area (Å²) in [4.78, 5) is 0. The monoisotopic (exact) mass is 211 g/mol. The predicted octanol–water partition coefficient (Wildman–Crippen LogP) is 2.02. The Kier molecular flexibility index (Phi) is 2.22. The van der Waals surface area contributed by atoms with E-state index >= 15 is 0 Å². The van der Waals surface area contributed by atoms with Crippen LogP contribution in [0, 0.1) is 5.92 Å².